The zero-order chi connectivity index (χ0) is 13.1. The average Bonchev–Trinajstić information content (AvgIpc) is 2.15. The largest absolute Gasteiger partial charge is 0.481 e. The number of sulfonamides is 1. The van der Waals surface area contributed by atoms with Crippen LogP contribution in [0.3, 0.4) is 0 Å². The lowest BCUT2D eigenvalue weighted by molar-refractivity contribution is -0.137. The third-order valence-electron chi connectivity index (χ3n) is 2.03. The first-order valence-corrected chi connectivity index (χ1v) is 6.36. The van der Waals surface area contributed by atoms with E-state index in [2.05, 4.69) is 4.72 Å². The van der Waals surface area contributed by atoms with Gasteiger partial charge >= 0.3 is 5.97 Å². The third-order valence-corrected chi connectivity index (χ3v) is 3.54. The minimum Gasteiger partial charge on any atom is -0.481 e. The first-order chi connectivity index (χ1) is 7.81. The number of benzene rings is 1. The molecule has 94 valence electrons. The summed E-state index contributed by atoms with van der Waals surface area (Å²) in [5, 5.41) is 8.47. The molecule has 0 radical (unpaired) electrons. The summed E-state index contributed by atoms with van der Waals surface area (Å²) in [7, 11) is -3.76. The van der Waals surface area contributed by atoms with Crippen LogP contribution < -0.4 is 10.5 Å². The van der Waals surface area contributed by atoms with Gasteiger partial charge in [-0.25, -0.2) is 8.42 Å². The second-order valence-electron chi connectivity index (χ2n) is 3.64. The lowest BCUT2D eigenvalue weighted by Crippen LogP contribution is -2.42. The van der Waals surface area contributed by atoms with Gasteiger partial charge in [0.1, 0.15) is 0 Å². The van der Waals surface area contributed by atoms with Crippen molar-refractivity contribution in [2.75, 3.05) is 0 Å². The zero-order valence-corrected chi connectivity index (χ0v) is 10.1. The fourth-order valence-electron chi connectivity index (χ4n) is 1.21. The number of carboxylic acid groups (broad SMARTS) is 1. The van der Waals surface area contributed by atoms with Gasteiger partial charge in [-0.05, 0) is 19.1 Å². The van der Waals surface area contributed by atoms with E-state index in [0.717, 1.165) is 5.56 Å². The number of hydrogen-bond acceptors (Lipinski definition) is 4. The molecule has 0 aliphatic carbocycles. The van der Waals surface area contributed by atoms with Gasteiger partial charge in [0.2, 0.25) is 10.0 Å². The molecule has 1 aromatic carbocycles. The highest BCUT2D eigenvalue weighted by molar-refractivity contribution is 7.89. The van der Waals surface area contributed by atoms with Crippen LogP contribution in [0.15, 0.2) is 29.2 Å². The van der Waals surface area contributed by atoms with Crippen LogP contribution in [0.5, 0.6) is 0 Å². The van der Waals surface area contributed by atoms with Crippen LogP contribution in [0, 0.1) is 6.92 Å². The molecule has 0 aliphatic heterocycles. The maximum atomic E-state index is 11.8. The molecule has 6 nitrogen and oxygen atoms in total. The predicted octanol–water partition coefficient (Wildman–Crippen LogP) is 0.0328. The first-order valence-electron chi connectivity index (χ1n) is 4.87. The maximum Gasteiger partial charge on any atom is 0.306 e. The van der Waals surface area contributed by atoms with Gasteiger partial charge in [0.15, 0.2) is 0 Å². The summed E-state index contributed by atoms with van der Waals surface area (Å²) in [4.78, 5) is 10.4. The molecular formula is C10H14N2O4S. The molecule has 1 atom stereocenters. The van der Waals surface area contributed by atoms with Crippen molar-refractivity contribution in [3.8, 4) is 0 Å². The molecule has 0 saturated heterocycles. The fourth-order valence-corrected chi connectivity index (χ4v) is 2.33. The Kier molecular flexibility index (Phi) is 4.22. The molecule has 1 unspecified atom stereocenters. The Morgan fingerprint density at radius 1 is 1.41 bits per heavy atom. The SMILES string of the molecule is Cc1ccc(S(=O)(=O)NC(N)CC(=O)O)cc1. The second-order valence-corrected chi connectivity index (χ2v) is 5.35. The summed E-state index contributed by atoms with van der Waals surface area (Å²) in [6, 6.07) is 6.17. The molecule has 0 fully saturated rings. The van der Waals surface area contributed by atoms with E-state index in [1.54, 1.807) is 12.1 Å². The molecule has 4 N–H and O–H groups in total. The van der Waals surface area contributed by atoms with Crippen molar-refractivity contribution in [3.05, 3.63) is 29.8 Å². The van der Waals surface area contributed by atoms with Gasteiger partial charge in [-0.1, -0.05) is 17.7 Å². The van der Waals surface area contributed by atoms with E-state index < -0.39 is 28.6 Å². The van der Waals surface area contributed by atoms with Crippen molar-refractivity contribution in [1.82, 2.24) is 4.72 Å². The van der Waals surface area contributed by atoms with Crippen LogP contribution in [-0.4, -0.2) is 25.7 Å². The van der Waals surface area contributed by atoms with Crippen LogP contribution in [-0.2, 0) is 14.8 Å². The summed E-state index contributed by atoms with van der Waals surface area (Å²) in [5.74, 6) is -1.16. The van der Waals surface area contributed by atoms with Crippen molar-refractivity contribution in [2.45, 2.75) is 24.4 Å². The minimum atomic E-state index is -3.76. The van der Waals surface area contributed by atoms with E-state index >= 15 is 0 Å². The molecule has 0 aromatic heterocycles. The topological polar surface area (TPSA) is 109 Å². The maximum absolute atomic E-state index is 11.8. The number of nitrogens with one attached hydrogen (secondary N) is 1. The summed E-state index contributed by atoms with van der Waals surface area (Å²) < 4.78 is 25.6. The molecule has 0 aliphatic rings. The Bertz CT molecular complexity index is 496. The Morgan fingerprint density at radius 3 is 2.41 bits per heavy atom. The van der Waals surface area contributed by atoms with Gasteiger partial charge < -0.3 is 10.8 Å². The van der Waals surface area contributed by atoms with Gasteiger partial charge in [-0.15, -0.1) is 0 Å². The highest BCUT2D eigenvalue weighted by atomic mass is 32.2. The molecule has 0 heterocycles. The van der Waals surface area contributed by atoms with Crippen molar-refractivity contribution in [3.63, 3.8) is 0 Å². The highest BCUT2D eigenvalue weighted by Crippen LogP contribution is 2.10. The van der Waals surface area contributed by atoms with Crippen LogP contribution >= 0.6 is 0 Å². The summed E-state index contributed by atoms with van der Waals surface area (Å²) >= 11 is 0. The van der Waals surface area contributed by atoms with E-state index in [9.17, 15) is 13.2 Å². The molecule has 1 rings (SSSR count). The standard InChI is InChI=1S/C10H14N2O4S/c1-7-2-4-8(5-3-7)17(15,16)12-9(11)6-10(13)14/h2-5,9,12H,6,11H2,1H3,(H,13,14). The Hall–Kier alpha value is -1.44. The molecule has 0 bridgehead atoms. The van der Waals surface area contributed by atoms with E-state index in [-0.39, 0.29) is 4.90 Å². The molecule has 1 aromatic rings. The van der Waals surface area contributed by atoms with Gasteiger partial charge in [-0.2, -0.15) is 4.72 Å². The summed E-state index contributed by atoms with van der Waals surface area (Å²) in [6.07, 6.45) is -1.61. The summed E-state index contributed by atoms with van der Waals surface area (Å²) in [5.41, 5.74) is 6.29. The smallest absolute Gasteiger partial charge is 0.306 e. The van der Waals surface area contributed by atoms with Crippen LogP contribution in [0.25, 0.3) is 0 Å². The molecule has 7 heteroatoms. The average molecular weight is 258 g/mol. The Labute approximate surface area is 99.5 Å². The van der Waals surface area contributed by atoms with Gasteiger partial charge in [-0.3, -0.25) is 4.79 Å². The Morgan fingerprint density at radius 2 is 1.94 bits per heavy atom. The normalized spacial score (nSPS) is 13.3. The zero-order valence-electron chi connectivity index (χ0n) is 9.25. The molecule has 0 spiro atoms. The van der Waals surface area contributed by atoms with Crippen LogP contribution in [0.1, 0.15) is 12.0 Å². The summed E-state index contributed by atoms with van der Waals surface area (Å²) in [6.45, 7) is 1.83. The van der Waals surface area contributed by atoms with Crippen molar-refractivity contribution < 1.29 is 18.3 Å². The number of rotatable bonds is 5. The van der Waals surface area contributed by atoms with Crippen molar-refractivity contribution in [1.29, 1.82) is 0 Å². The van der Waals surface area contributed by atoms with E-state index in [1.807, 2.05) is 6.92 Å². The number of aliphatic carboxylic acids is 1. The predicted molar refractivity (Wildman–Crippen MR) is 61.7 cm³/mol. The molecular weight excluding hydrogens is 244 g/mol. The van der Waals surface area contributed by atoms with Gasteiger partial charge in [0, 0.05) is 0 Å². The van der Waals surface area contributed by atoms with Crippen molar-refractivity contribution >= 4 is 16.0 Å². The molecule has 0 saturated carbocycles. The van der Waals surface area contributed by atoms with E-state index in [1.165, 1.54) is 12.1 Å². The number of carbonyl (C=O) groups is 1. The first kappa shape index (κ1) is 13.6. The minimum absolute atomic E-state index is 0.0592. The second kappa shape index (κ2) is 5.26. The molecule has 0 amide bonds. The monoisotopic (exact) mass is 258 g/mol. The van der Waals surface area contributed by atoms with Crippen molar-refractivity contribution in [2.24, 2.45) is 5.73 Å². The lowest BCUT2D eigenvalue weighted by Gasteiger charge is -2.12. The van der Waals surface area contributed by atoms with Gasteiger partial charge in [0.05, 0.1) is 17.5 Å². The van der Waals surface area contributed by atoms with E-state index in [4.69, 9.17) is 10.8 Å². The number of hydrogen-bond donors (Lipinski definition) is 3. The highest BCUT2D eigenvalue weighted by Gasteiger charge is 2.18. The van der Waals surface area contributed by atoms with Gasteiger partial charge in [0.25, 0.3) is 0 Å². The number of carboxylic acids is 1. The van der Waals surface area contributed by atoms with E-state index in [0.29, 0.717) is 0 Å². The van der Waals surface area contributed by atoms with Crippen LogP contribution in [0.4, 0.5) is 0 Å². The number of nitrogens with two attached hydrogens (primary N) is 1. The third kappa shape index (κ3) is 4.14. The van der Waals surface area contributed by atoms with Crippen LogP contribution in [0.2, 0.25) is 0 Å². The quantitative estimate of drug-likeness (QED) is 0.646. The fraction of sp³-hybridized carbons (Fsp3) is 0.300. The molecule has 17 heavy (non-hydrogen) atoms. The lowest BCUT2D eigenvalue weighted by atomic mass is 10.2. The Balaban J connectivity index is 2.82. The number of aryl methyl sites for hydroxylation is 1.